The third-order valence-corrected chi connectivity index (χ3v) is 8.46. The molecule has 0 aliphatic carbocycles. The molecule has 24 nitrogen and oxygen atoms in total. The molecule has 0 spiro atoms. The summed E-state index contributed by atoms with van der Waals surface area (Å²) in [5.74, 6) is -6.64. The first-order valence-electron chi connectivity index (χ1n) is 15.8. The molecule has 0 saturated carbocycles. The van der Waals surface area contributed by atoms with Crippen LogP contribution < -0.4 is 17.1 Å². The van der Waals surface area contributed by atoms with Crippen LogP contribution in [-0.4, -0.2) is 138 Å². The number of ether oxygens (including phenoxy) is 6. The number of carbonyl (C=O) groups is 6. The molecule has 57 heavy (non-hydrogen) atoms. The summed E-state index contributed by atoms with van der Waals surface area (Å²) in [6.07, 6.45) is -4.71. The molecule has 4 heterocycles. The molecular weight excluding hydrogens is 829 g/mol. The van der Waals surface area contributed by atoms with Crippen LogP contribution in [0.15, 0.2) is 47.1 Å². The predicted molar refractivity (Wildman–Crippen MR) is 187 cm³/mol. The summed E-state index contributed by atoms with van der Waals surface area (Å²) in [5, 5.41) is 34.4. The monoisotopic (exact) mass is 858 g/mol. The van der Waals surface area contributed by atoms with E-state index in [4.69, 9.17) is 28.4 Å². The summed E-state index contributed by atoms with van der Waals surface area (Å²) < 4.78 is 29.5. The summed E-state index contributed by atoms with van der Waals surface area (Å²) >= 11 is 3.35. The Hall–Kier alpha value is -6.00. The number of hydrogen-bond donors (Lipinski definition) is 3. The molecule has 4 rings (SSSR count). The Balaban J connectivity index is 1.42. The quantitative estimate of drug-likeness (QED) is 0.0549. The van der Waals surface area contributed by atoms with Crippen molar-refractivity contribution in [3.63, 3.8) is 0 Å². The molecule has 27 heteroatoms. The predicted octanol–water partition coefficient (Wildman–Crippen LogP) is -3.18. The van der Waals surface area contributed by atoms with Gasteiger partial charge in [0.2, 0.25) is 0 Å². The second kappa shape index (κ2) is 21.3. The Morgan fingerprint density at radius 2 is 0.719 bits per heavy atom. The number of esters is 6. The van der Waals surface area contributed by atoms with E-state index < -0.39 is 130 Å². The largest absolute Gasteiger partial charge is 0.461 e. The zero-order chi connectivity index (χ0) is 41.5. The van der Waals surface area contributed by atoms with Crippen molar-refractivity contribution in [1.82, 2.24) is 28.7 Å². The van der Waals surface area contributed by atoms with Crippen molar-refractivity contribution in [3.05, 3.63) is 81.2 Å². The van der Waals surface area contributed by atoms with Gasteiger partial charge < -0.3 is 43.7 Å². The molecule has 3 unspecified atom stereocenters. The number of hydrogen-bond acceptors (Lipinski definition) is 24. The third-order valence-electron chi connectivity index (χ3n) is 6.70. The van der Waals surface area contributed by atoms with Crippen LogP contribution in [0.3, 0.4) is 0 Å². The molecule has 0 amide bonds. The van der Waals surface area contributed by atoms with Crippen LogP contribution in [-0.2, 0) is 62.4 Å². The van der Waals surface area contributed by atoms with Crippen molar-refractivity contribution in [2.75, 3.05) is 39.6 Å². The summed E-state index contributed by atoms with van der Waals surface area (Å²) in [4.78, 5) is 125. The van der Waals surface area contributed by atoms with Crippen LogP contribution >= 0.6 is 34.0 Å². The van der Waals surface area contributed by atoms with Crippen molar-refractivity contribution in [3.8, 4) is 0 Å². The van der Waals surface area contributed by atoms with Gasteiger partial charge in [0.25, 0.3) is 0 Å². The van der Waals surface area contributed by atoms with Gasteiger partial charge in [-0.2, -0.15) is 0 Å². The van der Waals surface area contributed by atoms with E-state index in [9.17, 15) is 58.5 Å². The average Bonchev–Trinajstić information content (AvgIpc) is 4.03. The van der Waals surface area contributed by atoms with E-state index in [1.165, 1.54) is 32.7 Å². The van der Waals surface area contributed by atoms with Gasteiger partial charge in [-0.3, -0.25) is 14.4 Å². The van der Waals surface area contributed by atoms with Gasteiger partial charge in [-0.05, 0) is 0 Å². The molecule has 3 N–H and O–H groups in total. The highest BCUT2D eigenvalue weighted by atomic mass is 32.1. The van der Waals surface area contributed by atoms with Crippen LogP contribution in [0.1, 0.15) is 31.5 Å². The van der Waals surface area contributed by atoms with Crippen molar-refractivity contribution in [1.29, 1.82) is 0 Å². The van der Waals surface area contributed by atoms with Gasteiger partial charge in [0, 0.05) is 16.1 Å². The molecule has 4 aromatic rings. The smallest absolute Gasteiger partial charge is 0.357 e. The van der Waals surface area contributed by atoms with Crippen LogP contribution in [0.4, 0.5) is 0 Å². The van der Waals surface area contributed by atoms with E-state index in [1.807, 2.05) is 0 Å². The normalized spacial score (nSPS) is 12.5. The van der Waals surface area contributed by atoms with E-state index in [1.54, 1.807) is 0 Å². The second-order valence-electron chi connectivity index (χ2n) is 11.0. The lowest BCUT2D eigenvalue weighted by Crippen LogP contribution is -2.56. The van der Waals surface area contributed by atoms with Crippen molar-refractivity contribution < 1.29 is 72.5 Å². The van der Waals surface area contributed by atoms with Gasteiger partial charge in [-0.25, -0.2) is 57.4 Å². The van der Waals surface area contributed by atoms with Gasteiger partial charge in [0.1, 0.15) is 77.6 Å². The van der Waals surface area contributed by atoms with Crippen molar-refractivity contribution in [2.45, 2.75) is 37.9 Å². The maximum atomic E-state index is 13.3. The highest BCUT2D eigenvalue weighted by molar-refractivity contribution is 7.08. The second-order valence-corrected chi connectivity index (χ2v) is 13.2. The molecule has 0 aliphatic rings. The summed E-state index contributed by atoms with van der Waals surface area (Å²) in [6, 6.07) is 0. The lowest BCUT2D eigenvalue weighted by molar-refractivity contribution is -0.148. The molecular formula is C30H30N6O18S3. The summed E-state index contributed by atoms with van der Waals surface area (Å²) in [5.41, 5.74) is -0.660. The lowest BCUT2D eigenvalue weighted by atomic mass is 10.4. The average molecular weight is 859 g/mol. The zero-order valence-electron chi connectivity index (χ0n) is 28.9. The minimum Gasteiger partial charge on any atom is -0.461 e. The van der Waals surface area contributed by atoms with E-state index in [2.05, 4.69) is 15.0 Å². The minimum atomic E-state index is -1.57. The van der Waals surface area contributed by atoms with Gasteiger partial charge >= 0.3 is 52.9 Å². The number of nitrogens with zero attached hydrogens (tertiary/aromatic N) is 6. The maximum absolute atomic E-state index is 13.3. The SMILES string of the molecule is O=C(Cn1c(=O)n(CC(=O)OCC(O)COC(=O)c2cscn2)c(=O)n(CC(=O)OCC(O)COC(=O)c2cscn2)c1=O)OCC(O)COC(=O)c1cscn1. The van der Waals surface area contributed by atoms with Crippen molar-refractivity contribution >= 4 is 69.8 Å². The van der Waals surface area contributed by atoms with Gasteiger partial charge in [0.05, 0.1) is 16.5 Å². The topological polar surface area (TPSA) is 323 Å². The summed E-state index contributed by atoms with van der Waals surface area (Å²) in [6.45, 7) is -8.03. The van der Waals surface area contributed by atoms with Crippen LogP contribution in [0.5, 0.6) is 0 Å². The van der Waals surface area contributed by atoms with Crippen LogP contribution in [0.2, 0.25) is 0 Å². The van der Waals surface area contributed by atoms with E-state index in [-0.39, 0.29) is 30.8 Å². The van der Waals surface area contributed by atoms with E-state index in [0.29, 0.717) is 0 Å². The Bertz CT molecular complexity index is 1910. The fourth-order valence-electron chi connectivity index (χ4n) is 4.00. The molecule has 0 saturated heterocycles. The fraction of sp³-hybridized carbons (Fsp3) is 0.400. The van der Waals surface area contributed by atoms with Crippen molar-refractivity contribution in [2.24, 2.45) is 0 Å². The van der Waals surface area contributed by atoms with Crippen LogP contribution in [0.25, 0.3) is 0 Å². The molecule has 306 valence electrons. The number of aliphatic hydroxyl groups is 3. The third kappa shape index (κ3) is 13.3. The first-order chi connectivity index (χ1) is 27.2. The molecule has 0 aromatic carbocycles. The number of carbonyl (C=O) groups excluding carboxylic acids is 6. The number of aromatic nitrogens is 6. The molecule has 4 aromatic heterocycles. The molecule has 0 aliphatic heterocycles. The Kier molecular flexibility index (Phi) is 16.4. The zero-order valence-corrected chi connectivity index (χ0v) is 31.4. The van der Waals surface area contributed by atoms with Gasteiger partial charge in [-0.1, -0.05) is 0 Å². The number of aliphatic hydroxyl groups excluding tert-OH is 3. The number of rotatable bonds is 21. The molecule has 0 fully saturated rings. The molecule has 0 radical (unpaired) electrons. The number of thiazole rings is 3. The fourth-order valence-corrected chi connectivity index (χ4v) is 5.57. The standard InChI is InChI=1S/C30H30N6O18S3/c37-16(7-52-25(43)19-10-55-13-31-19)4-49-22(40)1-34-28(46)35(2-23(41)50-5-17(38)8-53-26(44)20-11-56-14-32-20)30(48)36(29(34)47)3-24(42)51-6-18(39)9-54-27(45)21-12-57-15-33-21/h10-18,37-39H,1-9H2. The summed E-state index contributed by atoms with van der Waals surface area (Å²) in [7, 11) is 0. The van der Waals surface area contributed by atoms with Crippen LogP contribution in [0, 0.1) is 0 Å². The molecule has 0 bridgehead atoms. The maximum Gasteiger partial charge on any atom is 0.357 e. The molecule has 3 atom stereocenters. The first kappa shape index (κ1) is 43.7. The Labute approximate surface area is 329 Å². The lowest BCUT2D eigenvalue weighted by Gasteiger charge is -2.15. The highest BCUT2D eigenvalue weighted by Crippen LogP contribution is 2.06. The Morgan fingerprint density at radius 3 is 0.947 bits per heavy atom. The Morgan fingerprint density at radius 1 is 0.474 bits per heavy atom. The minimum absolute atomic E-state index is 0.0313. The van der Waals surface area contributed by atoms with E-state index >= 15 is 0 Å². The highest BCUT2D eigenvalue weighted by Gasteiger charge is 2.24. The first-order valence-corrected chi connectivity index (χ1v) is 18.7. The van der Waals surface area contributed by atoms with Gasteiger partial charge in [0.15, 0.2) is 17.1 Å². The van der Waals surface area contributed by atoms with E-state index in [0.717, 1.165) is 34.0 Å². The van der Waals surface area contributed by atoms with Gasteiger partial charge in [-0.15, -0.1) is 34.0 Å².